The summed E-state index contributed by atoms with van der Waals surface area (Å²) < 4.78 is 0. The van der Waals surface area contributed by atoms with Gasteiger partial charge in [-0.25, -0.2) is 0 Å². The van der Waals surface area contributed by atoms with Crippen molar-refractivity contribution in [1.82, 2.24) is 0 Å². The van der Waals surface area contributed by atoms with E-state index in [1.165, 1.54) is 75.3 Å². The zero-order valence-corrected chi connectivity index (χ0v) is 19.2. The lowest BCUT2D eigenvalue weighted by molar-refractivity contribution is 0.292. The molecule has 0 nitrogen and oxygen atoms in total. The van der Waals surface area contributed by atoms with E-state index in [-0.39, 0.29) is 0 Å². The molecule has 2 aliphatic rings. The Hall–Kier alpha value is -1.30. The summed E-state index contributed by atoms with van der Waals surface area (Å²) in [5.41, 5.74) is 4.41. The minimum Gasteiger partial charge on any atom is -0.0999 e. The normalized spacial score (nSPS) is 27.9. The van der Waals surface area contributed by atoms with Gasteiger partial charge in [0, 0.05) is 0 Å². The fourth-order valence-electron chi connectivity index (χ4n) is 5.49. The highest BCUT2D eigenvalue weighted by molar-refractivity contribution is 5.26. The minimum atomic E-state index is 0.781. The van der Waals surface area contributed by atoms with Crippen LogP contribution in [0.15, 0.2) is 48.6 Å². The van der Waals surface area contributed by atoms with Crippen molar-refractivity contribution in [2.75, 3.05) is 0 Å². The summed E-state index contributed by atoms with van der Waals surface area (Å²) >= 11 is 0. The minimum absolute atomic E-state index is 0.781. The van der Waals surface area contributed by atoms with Gasteiger partial charge in [0.2, 0.25) is 0 Å². The first kappa shape index (κ1) is 22.4. The SMILES string of the molecule is C=C(CC)CCc1ccc(C2CCC(C=CC3CCC(CCC)CC3)CC2)cc1. The molecule has 29 heavy (non-hydrogen) atoms. The lowest BCUT2D eigenvalue weighted by Gasteiger charge is -2.29. The Morgan fingerprint density at radius 3 is 2.00 bits per heavy atom. The van der Waals surface area contributed by atoms with Crippen LogP contribution in [0.1, 0.15) is 108 Å². The monoisotopic (exact) mass is 392 g/mol. The maximum absolute atomic E-state index is 4.14. The first-order chi connectivity index (χ1) is 14.2. The molecule has 160 valence electrons. The van der Waals surface area contributed by atoms with Crippen LogP contribution < -0.4 is 0 Å². The molecule has 0 saturated heterocycles. The smallest absolute Gasteiger partial charge is 0.0162 e. The summed E-state index contributed by atoms with van der Waals surface area (Å²) in [6.45, 7) is 8.67. The second-order valence-electron chi connectivity index (χ2n) is 9.91. The van der Waals surface area contributed by atoms with Crippen molar-refractivity contribution >= 4 is 0 Å². The van der Waals surface area contributed by atoms with E-state index in [0.717, 1.165) is 42.9 Å². The van der Waals surface area contributed by atoms with Crippen molar-refractivity contribution in [2.24, 2.45) is 17.8 Å². The Morgan fingerprint density at radius 2 is 1.45 bits per heavy atom. The molecule has 0 heterocycles. The van der Waals surface area contributed by atoms with Crippen molar-refractivity contribution in [3.63, 3.8) is 0 Å². The summed E-state index contributed by atoms with van der Waals surface area (Å²) in [6, 6.07) is 9.53. The maximum atomic E-state index is 4.14. The van der Waals surface area contributed by atoms with Gasteiger partial charge >= 0.3 is 0 Å². The molecule has 0 radical (unpaired) electrons. The van der Waals surface area contributed by atoms with Gasteiger partial charge in [-0.1, -0.05) is 75.3 Å². The van der Waals surface area contributed by atoms with Gasteiger partial charge in [-0.05, 0) is 105 Å². The van der Waals surface area contributed by atoms with E-state index in [4.69, 9.17) is 0 Å². The third-order valence-electron chi connectivity index (χ3n) is 7.73. The average Bonchev–Trinajstić information content (AvgIpc) is 2.78. The molecule has 0 heteroatoms. The first-order valence-corrected chi connectivity index (χ1v) is 12.6. The fourth-order valence-corrected chi connectivity index (χ4v) is 5.49. The second kappa shape index (κ2) is 11.8. The van der Waals surface area contributed by atoms with E-state index in [9.17, 15) is 0 Å². The van der Waals surface area contributed by atoms with Gasteiger partial charge < -0.3 is 0 Å². The third-order valence-corrected chi connectivity index (χ3v) is 7.73. The Balaban J connectivity index is 1.39. The summed E-state index contributed by atoms with van der Waals surface area (Å²) in [4.78, 5) is 0. The first-order valence-electron chi connectivity index (χ1n) is 12.6. The number of hydrogen-bond acceptors (Lipinski definition) is 0. The van der Waals surface area contributed by atoms with Crippen LogP contribution in [0, 0.1) is 17.8 Å². The molecule has 2 saturated carbocycles. The van der Waals surface area contributed by atoms with Crippen LogP contribution in [-0.2, 0) is 6.42 Å². The van der Waals surface area contributed by atoms with Gasteiger partial charge in [-0.15, -0.1) is 0 Å². The van der Waals surface area contributed by atoms with Gasteiger partial charge in [0.05, 0.1) is 0 Å². The molecule has 0 unspecified atom stereocenters. The zero-order chi connectivity index (χ0) is 20.5. The molecule has 0 spiro atoms. The third kappa shape index (κ3) is 7.16. The van der Waals surface area contributed by atoms with Crippen LogP contribution in [0.4, 0.5) is 0 Å². The van der Waals surface area contributed by atoms with E-state index in [1.807, 2.05) is 0 Å². The Kier molecular flexibility index (Phi) is 9.09. The van der Waals surface area contributed by atoms with Crippen LogP contribution in [0.5, 0.6) is 0 Å². The zero-order valence-electron chi connectivity index (χ0n) is 19.2. The Labute approximate surface area is 180 Å². The van der Waals surface area contributed by atoms with Crippen molar-refractivity contribution in [1.29, 1.82) is 0 Å². The molecule has 1 aromatic carbocycles. The number of hydrogen-bond donors (Lipinski definition) is 0. The Bertz CT molecular complexity index is 619. The summed E-state index contributed by atoms with van der Waals surface area (Å²) in [5, 5.41) is 0. The largest absolute Gasteiger partial charge is 0.0999 e. The van der Waals surface area contributed by atoms with Crippen LogP contribution in [0.3, 0.4) is 0 Å². The van der Waals surface area contributed by atoms with E-state index < -0.39 is 0 Å². The lowest BCUT2D eigenvalue weighted by atomic mass is 9.77. The van der Waals surface area contributed by atoms with Crippen molar-refractivity contribution in [3.05, 3.63) is 59.7 Å². The molecule has 0 bridgehead atoms. The standard InChI is InChI=1S/C29H44/c1-4-6-24-9-11-26(12-10-24)13-14-27-17-21-29(22-18-27)28-19-15-25(16-20-28)8-7-23(3)5-2/h13-16,19-20,24,26-27,29H,3-12,17-18,21-22H2,1-2H3. The second-order valence-corrected chi connectivity index (χ2v) is 9.91. The van der Waals surface area contributed by atoms with Crippen molar-refractivity contribution in [3.8, 4) is 0 Å². The summed E-state index contributed by atoms with van der Waals surface area (Å²) in [7, 11) is 0. The summed E-state index contributed by atoms with van der Waals surface area (Å²) in [6.07, 6.45) is 22.7. The molecule has 0 N–H and O–H groups in total. The molecule has 0 aliphatic heterocycles. The van der Waals surface area contributed by atoms with E-state index in [1.54, 1.807) is 5.56 Å². The predicted molar refractivity (Wildman–Crippen MR) is 128 cm³/mol. The van der Waals surface area contributed by atoms with Crippen LogP contribution in [0.25, 0.3) is 0 Å². The molecule has 0 atom stereocenters. The molecular weight excluding hydrogens is 348 g/mol. The van der Waals surface area contributed by atoms with E-state index in [0.29, 0.717) is 0 Å². The molecule has 2 fully saturated rings. The highest BCUT2D eigenvalue weighted by atomic mass is 14.3. The van der Waals surface area contributed by atoms with E-state index in [2.05, 4.69) is 56.8 Å². The topological polar surface area (TPSA) is 0 Å². The predicted octanol–water partition coefficient (Wildman–Crippen LogP) is 9.02. The molecule has 0 amide bonds. The van der Waals surface area contributed by atoms with E-state index >= 15 is 0 Å². The fraction of sp³-hybridized carbons (Fsp3) is 0.655. The average molecular weight is 393 g/mol. The van der Waals surface area contributed by atoms with Gasteiger partial charge in [-0.3, -0.25) is 0 Å². The lowest BCUT2D eigenvalue weighted by Crippen LogP contribution is -2.14. The molecule has 2 aliphatic carbocycles. The summed E-state index contributed by atoms with van der Waals surface area (Å²) in [5.74, 6) is 3.51. The number of rotatable bonds is 9. The van der Waals surface area contributed by atoms with Crippen LogP contribution >= 0.6 is 0 Å². The number of benzene rings is 1. The number of allylic oxidation sites excluding steroid dienone is 3. The highest BCUT2D eigenvalue weighted by Crippen LogP contribution is 2.38. The van der Waals surface area contributed by atoms with Gasteiger partial charge in [0.1, 0.15) is 0 Å². The maximum Gasteiger partial charge on any atom is -0.0162 e. The van der Waals surface area contributed by atoms with Crippen molar-refractivity contribution in [2.45, 2.75) is 103 Å². The van der Waals surface area contributed by atoms with Gasteiger partial charge in [0.15, 0.2) is 0 Å². The molecule has 0 aromatic heterocycles. The molecule has 1 aromatic rings. The van der Waals surface area contributed by atoms with Gasteiger partial charge in [-0.2, -0.15) is 0 Å². The molecule has 3 rings (SSSR count). The van der Waals surface area contributed by atoms with Crippen LogP contribution in [-0.4, -0.2) is 0 Å². The van der Waals surface area contributed by atoms with Crippen molar-refractivity contribution < 1.29 is 0 Å². The van der Waals surface area contributed by atoms with Gasteiger partial charge in [0.25, 0.3) is 0 Å². The number of aryl methyl sites for hydroxylation is 1. The Morgan fingerprint density at radius 1 is 0.862 bits per heavy atom. The van der Waals surface area contributed by atoms with Crippen LogP contribution in [0.2, 0.25) is 0 Å². The quantitative estimate of drug-likeness (QED) is 0.368. The molecular formula is C29H44. The highest BCUT2D eigenvalue weighted by Gasteiger charge is 2.22.